The van der Waals surface area contributed by atoms with Crippen molar-refractivity contribution in [1.29, 1.82) is 0 Å². The third kappa shape index (κ3) is 4.06. The van der Waals surface area contributed by atoms with Crippen molar-refractivity contribution in [1.82, 2.24) is 14.3 Å². The Kier molecular flexibility index (Phi) is 5.38. The normalized spacial score (nSPS) is 11.2. The molecule has 1 N–H and O–H groups in total. The van der Waals surface area contributed by atoms with Crippen molar-refractivity contribution in [2.45, 2.75) is 19.5 Å². The van der Waals surface area contributed by atoms with Gasteiger partial charge in [0.1, 0.15) is 5.82 Å². The lowest BCUT2D eigenvalue weighted by Crippen LogP contribution is -2.21. The SMILES string of the molecule is O=C(CCn1c(=O)oc2cc(Cl)ccc21)Nc1ccnn1Cc1cc(Br)cs1. The van der Waals surface area contributed by atoms with Crippen LogP contribution in [0.3, 0.4) is 0 Å². The molecule has 144 valence electrons. The quantitative estimate of drug-likeness (QED) is 0.444. The molecule has 0 bridgehead atoms. The highest BCUT2D eigenvalue weighted by atomic mass is 79.9. The Morgan fingerprint density at radius 1 is 1.32 bits per heavy atom. The highest BCUT2D eigenvalue weighted by Crippen LogP contribution is 2.22. The van der Waals surface area contributed by atoms with Gasteiger partial charge in [0.25, 0.3) is 0 Å². The number of nitrogens with zero attached hydrogens (tertiary/aromatic N) is 3. The van der Waals surface area contributed by atoms with Gasteiger partial charge in [-0.25, -0.2) is 9.48 Å². The molecule has 0 unspecified atom stereocenters. The van der Waals surface area contributed by atoms with Crippen molar-refractivity contribution >= 4 is 61.7 Å². The Hall–Kier alpha value is -2.36. The van der Waals surface area contributed by atoms with Crippen LogP contribution in [0.2, 0.25) is 5.02 Å². The summed E-state index contributed by atoms with van der Waals surface area (Å²) in [5.41, 5.74) is 1.01. The van der Waals surface area contributed by atoms with E-state index in [1.165, 1.54) is 4.57 Å². The predicted molar refractivity (Wildman–Crippen MR) is 112 cm³/mol. The average molecular weight is 482 g/mol. The minimum atomic E-state index is -0.515. The van der Waals surface area contributed by atoms with Crippen molar-refractivity contribution in [3.63, 3.8) is 0 Å². The molecule has 0 aliphatic heterocycles. The van der Waals surface area contributed by atoms with E-state index in [1.807, 2.05) is 11.4 Å². The van der Waals surface area contributed by atoms with E-state index in [0.717, 1.165) is 9.35 Å². The summed E-state index contributed by atoms with van der Waals surface area (Å²) in [4.78, 5) is 25.5. The van der Waals surface area contributed by atoms with Crippen LogP contribution in [0, 0.1) is 0 Å². The largest absolute Gasteiger partial charge is 0.419 e. The van der Waals surface area contributed by atoms with Gasteiger partial charge in [0.2, 0.25) is 5.91 Å². The Labute approximate surface area is 176 Å². The molecule has 0 saturated carbocycles. The Balaban J connectivity index is 1.43. The highest BCUT2D eigenvalue weighted by molar-refractivity contribution is 9.10. The number of anilines is 1. The fourth-order valence-corrected chi connectivity index (χ4v) is 4.41. The molecule has 1 amide bonds. The maximum atomic E-state index is 12.4. The second-order valence-electron chi connectivity index (χ2n) is 6.04. The molecule has 3 heterocycles. The van der Waals surface area contributed by atoms with E-state index in [4.69, 9.17) is 16.0 Å². The number of benzene rings is 1. The molecule has 0 fully saturated rings. The molecular formula is C18H14BrClN4O3S. The predicted octanol–water partition coefficient (Wildman–Crippen LogP) is 4.35. The zero-order valence-corrected chi connectivity index (χ0v) is 17.6. The van der Waals surface area contributed by atoms with Crippen LogP contribution in [0.1, 0.15) is 11.3 Å². The van der Waals surface area contributed by atoms with E-state index in [9.17, 15) is 9.59 Å². The summed E-state index contributed by atoms with van der Waals surface area (Å²) in [5.74, 6) is -0.131. The number of carbonyl (C=O) groups is 1. The third-order valence-electron chi connectivity index (χ3n) is 4.10. The molecule has 0 aliphatic rings. The molecule has 0 radical (unpaired) electrons. The number of aryl methyl sites for hydroxylation is 1. The van der Waals surface area contributed by atoms with Gasteiger partial charge in [-0.15, -0.1) is 11.3 Å². The number of hydrogen-bond acceptors (Lipinski definition) is 5. The standard InChI is InChI=1S/C18H14BrClN4O3S/c19-11-7-13(28-10-11)9-24-16(3-5-21-24)22-17(25)4-6-23-14-2-1-12(20)8-15(14)27-18(23)26/h1-3,5,7-8,10H,4,6,9H2,(H,22,25). The molecule has 0 aliphatic carbocycles. The van der Waals surface area contributed by atoms with E-state index in [0.29, 0.717) is 28.5 Å². The van der Waals surface area contributed by atoms with Crippen LogP contribution in [0.15, 0.2) is 55.6 Å². The zero-order chi connectivity index (χ0) is 19.7. The maximum Gasteiger partial charge on any atom is 0.419 e. The van der Waals surface area contributed by atoms with Gasteiger partial charge >= 0.3 is 5.76 Å². The third-order valence-corrected chi connectivity index (χ3v) is 6.02. The second kappa shape index (κ2) is 7.94. The molecule has 4 aromatic rings. The fourth-order valence-electron chi connectivity index (χ4n) is 2.82. The summed E-state index contributed by atoms with van der Waals surface area (Å²) in [6.07, 6.45) is 1.75. The smallest absolute Gasteiger partial charge is 0.408 e. The lowest BCUT2D eigenvalue weighted by atomic mass is 10.3. The average Bonchev–Trinajstić information content (AvgIpc) is 3.33. The van der Waals surface area contributed by atoms with Gasteiger partial charge < -0.3 is 9.73 Å². The first-order chi connectivity index (χ1) is 13.5. The van der Waals surface area contributed by atoms with E-state index < -0.39 is 5.76 Å². The number of nitrogens with one attached hydrogen (secondary N) is 1. The van der Waals surface area contributed by atoms with E-state index >= 15 is 0 Å². The number of thiophene rings is 1. The first-order valence-corrected chi connectivity index (χ1v) is 10.4. The summed E-state index contributed by atoms with van der Waals surface area (Å²) >= 11 is 11.0. The summed E-state index contributed by atoms with van der Waals surface area (Å²) in [6.45, 7) is 0.761. The monoisotopic (exact) mass is 480 g/mol. The molecule has 28 heavy (non-hydrogen) atoms. The Morgan fingerprint density at radius 3 is 2.96 bits per heavy atom. The number of fused-ring (bicyclic) bond motifs is 1. The number of carbonyl (C=O) groups excluding carboxylic acids is 1. The van der Waals surface area contributed by atoms with Gasteiger partial charge in [0.05, 0.1) is 18.3 Å². The van der Waals surface area contributed by atoms with E-state index in [2.05, 4.69) is 26.3 Å². The molecule has 4 rings (SSSR count). The maximum absolute atomic E-state index is 12.4. The van der Waals surface area contributed by atoms with Gasteiger partial charge in [0.15, 0.2) is 5.58 Å². The molecule has 0 saturated heterocycles. The number of rotatable bonds is 6. The van der Waals surface area contributed by atoms with Gasteiger partial charge in [-0.05, 0) is 34.1 Å². The number of hydrogen-bond donors (Lipinski definition) is 1. The summed E-state index contributed by atoms with van der Waals surface area (Å²) < 4.78 is 9.34. The van der Waals surface area contributed by atoms with E-state index in [1.54, 1.807) is 46.5 Å². The van der Waals surface area contributed by atoms with Gasteiger partial charge in [-0.1, -0.05) is 11.6 Å². The minimum absolute atomic E-state index is 0.118. The molecule has 10 heteroatoms. The second-order valence-corrected chi connectivity index (χ2v) is 8.38. The molecular weight excluding hydrogens is 468 g/mol. The van der Waals surface area contributed by atoms with Crippen molar-refractivity contribution in [3.8, 4) is 0 Å². The molecule has 0 spiro atoms. The van der Waals surface area contributed by atoms with E-state index in [-0.39, 0.29) is 18.9 Å². The van der Waals surface area contributed by atoms with Gasteiger partial charge in [-0.3, -0.25) is 9.36 Å². The number of amides is 1. The zero-order valence-electron chi connectivity index (χ0n) is 14.4. The number of oxazole rings is 1. The molecule has 0 atom stereocenters. The Morgan fingerprint density at radius 2 is 2.18 bits per heavy atom. The van der Waals surface area contributed by atoms with Gasteiger partial charge in [-0.2, -0.15) is 5.10 Å². The molecule has 1 aromatic carbocycles. The summed E-state index contributed by atoms with van der Waals surface area (Å²) in [6, 6.07) is 8.71. The van der Waals surface area contributed by atoms with Crippen LogP contribution in [0.5, 0.6) is 0 Å². The minimum Gasteiger partial charge on any atom is -0.408 e. The molecule has 7 nitrogen and oxygen atoms in total. The van der Waals surface area contributed by atoms with Gasteiger partial charge in [0, 0.05) is 44.9 Å². The van der Waals surface area contributed by atoms with Crippen molar-refractivity contribution in [2.24, 2.45) is 0 Å². The fraction of sp³-hybridized carbons (Fsp3) is 0.167. The van der Waals surface area contributed by atoms with Crippen LogP contribution in [0.4, 0.5) is 5.82 Å². The lowest BCUT2D eigenvalue weighted by molar-refractivity contribution is -0.116. The lowest BCUT2D eigenvalue weighted by Gasteiger charge is -2.08. The van der Waals surface area contributed by atoms with Crippen molar-refractivity contribution in [3.05, 3.63) is 66.8 Å². The Bertz CT molecular complexity index is 1210. The van der Waals surface area contributed by atoms with Crippen LogP contribution in [-0.4, -0.2) is 20.3 Å². The van der Waals surface area contributed by atoms with Crippen molar-refractivity contribution in [2.75, 3.05) is 5.32 Å². The first-order valence-electron chi connectivity index (χ1n) is 8.33. The van der Waals surface area contributed by atoms with Crippen LogP contribution >= 0.6 is 38.9 Å². The first kappa shape index (κ1) is 19.0. The van der Waals surface area contributed by atoms with Crippen LogP contribution in [0.25, 0.3) is 11.1 Å². The topological polar surface area (TPSA) is 82.1 Å². The summed E-state index contributed by atoms with van der Waals surface area (Å²) in [5, 5.41) is 9.58. The number of aromatic nitrogens is 3. The van der Waals surface area contributed by atoms with Crippen molar-refractivity contribution < 1.29 is 9.21 Å². The van der Waals surface area contributed by atoms with Crippen LogP contribution < -0.4 is 11.1 Å². The highest BCUT2D eigenvalue weighted by Gasteiger charge is 2.13. The summed E-state index contributed by atoms with van der Waals surface area (Å²) in [7, 11) is 0. The van der Waals surface area contributed by atoms with Crippen LogP contribution in [-0.2, 0) is 17.9 Å². The molecule has 3 aromatic heterocycles. The number of halogens is 2.